The molecule has 0 amide bonds. The van der Waals surface area contributed by atoms with E-state index in [1.165, 1.54) is 0 Å². The Morgan fingerprint density at radius 2 is 2.29 bits per heavy atom. The molecule has 0 spiro atoms. The summed E-state index contributed by atoms with van der Waals surface area (Å²) >= 11 is 5.44. The smallest absolute Gasteiger partial charge is 0.287 e. The zero-order valence-corrected chi connectivity index (χ0v) is 7.70. The molecule has 0 saturated carbocycles. The second-order valence-electron chi connectivity index (χ2n) is 2.49. The molecular formula is C7H6ClFN2O3. The van der Waals surface area contributed by atoms with E-state index in [0.717, 1.165) is 16.8 Å². The predicted molar refractivity (Wildman–Crippen MR) is 48.3 cm³/mol. The van der Waals surface area contributed by atoms with Crippen molar-refractivity contribution >= 4 is 17.3 Å². The maximum absolute atomic E-state index is 12.0. The second kappa shape index (κ2) is 4.19. The molecule has 0 radical (unpaired) electrons. The van der Waals surface area contributed by atoms with Gasteiger partial charge >= 0.3 is 0 Å². The first kappa shape index (κ1) is 10.6. The molecule has 1 heterocycles. The van der Waals surface area contributed by atoms with Gasteiger partial charge in [0, 0.05) is 6.07 Å². The van der Waals surface area contributed by atoms with Crippen molar-refractivity contribution in [1.82, 2.24) is 4.57 Å². The number of hydrogen-bond donors (Lipinski definition) is 0. The quantitative estimate of drug-likeness (QED) is 0.571. The number of nitro groups is 1. The van der Waals surface area contributed by atoms with Crippen molar-refractivity contribution < 1.29 is 9.31 Å². The molecule has 5 nitrogen and oxygen atoms in total. The molecule has 0 aromatic carbocycles. The lowest BCUT2D eigenvalue weighted by Gasteiger charge is -2.02. The van der Waals surface area contributed by atoms with E-state index in [4.69, 9.17) is 11.6 Å². The molecule has 0 aliphatic rings. The van der Waals surface area contributed by atoms with Crippen LogP contribution in [0.3, 0.4) is 0 Å². The highest BCUT2D eigenvalue weighted by molar-refractivity contribution is 6.30. The first-order valence-corrected chi connectivity index (χ1v) is 4.04. The average Bonchev–Trinajstić information content (AvgIpc) is 2.12. The van der Waals surface area contributed by atoms with E-state index in [-0.39, 0.29) is 17.3 Å². The van der Waals surface area contributed by atoms with E-state index in [0.29, 0.717) is 0 Å². The molecule has 1 aromatic rings. The van der Waals surface area contributed by atoms with Crippen LogP contribution in [-0.2, 0) is 6.54 Å². The number of alkyl halides is 1. The van der Waals surface area contributed by atoms with E-state index in [9.17, 15) is 19.3 Å². The molecule has 0 unspecified atom stereocenters. The molecule has 1 aromatic heterocycles. The lowest BCUT2D eigenvalue weighted by molar-refractivity contribution is -0.385. The monoisotopic (exact) mass is 220 g/mol. The van der Waals surface area contributed by atoms with Gasteiger partial charge < -0.3 is 4.57 Å². The van der Waals surface area contributed by atoms with Gasteiger partial charge in [-0.3, -0.25) is 14.9 Å². The van der Waals surface area contributed by atoms with Crippen LogP contribution < -0.4 is 5.56 Å². The van der Waals surface area contributed by atoms with Gasteiger partial charge in [0.1, 0.15) is 11.7 Å². The van der Waals surface area contributed by atoms with Gasteiger partial charge in [0.25, 0.3) is 11.2 Å². The summed E-state index contributed by atoms with van der Waals surface area (Å²) in [6, 6.07) is 0.943. The third-order valence-corrected chi connectivity index (χ3v) is 1.83. The highest BCUT2D eigenvalue weighted by Crippen LogP contribution is 2.13. The fourth-order valence-electron chi connectivity index (χ4n) is 0.941. The number of halogens is 2. The first-order valence-electron chi connectivity index (χ1n) is 3.66. The fraction of sp³-hybridized carbons (Fsp3) is 0.286. The molecule has 0 saturated heterocycles. The van der Waals surface area contributed by atoms with Gasteiger partial charge in [-0.2, -0.15) is 0 Å². The minimum Gasteiger partial charge on any atom is -0.305 e. The van der Waals surface area contributed by atoms with Crippen molar-refractivity contribution in [3.8, 4) is 0 Å². The van der Waals surface area contributed by atoms with Crippen molar-refractivity contribution in [3.05, 3.63) is 37.8 Å². The van der Waals surface area contributed by atoms with Crippen molar-refractivity contribution in [3.63, 3.8) is 0 Å². The molecule has 14 heavy (non-hydrogen) atoms. The fourth-order valence-corrected chi connectivity index (χ4v) is 1.16. The Kier molecular flexibility index (Phi) is 3.19. The summed E-state index contributed by atoms with van der Waals surface area (Å²) in [7, 11) is 0. The van der Waals surface area contributed by atoms with E-state index in [1.807, 2.05) is 0 Å². The summed E-state index contributed by atoms with van der Waals surface area (Å²) in [5.74, 6) is 0. The van der Waals surface area contributed by atoms with Crippen LogP contribution in [0.2, 0.25) is 5.02 Å². The molecule has 0 bridgehead atoms. The molecule has 1 rings (SSSR count). The van der Waals surface area contributed by atoms with Crippen molar-refractivity contribution in [1.29, 1.82) is 0 Å². The summed E-state index contributed by atoms with van der Waals surface area (Å²) in [4.78, 5) is 20.8. The highest BCUT2D eigenvalue weighted by Gasteiger charge is 2.11. The van der Waals surface area contributed by atoms with Crippen LogP contribution in [0.4, 0.5) is 10.1 Å². The van der Waals surface area contributed by atoms with Crippen LogP contribution in [0.1, 0.15) is 0 Å². The Balaban J connectivity index is 3.28. The van der Waals surface area contributed by atoms with Gasteiger partial charge in [0.15, 0.2) is 0 Å². The number of aromatic nitrogens is 1. The zero-order chi connectivity index (χ0) is 10.7. The molecule has 0 aliphatic heterocycles. The summed E-state index contributed by atoms with van der Waals surface area (Å²) in [5.41, 5.74) is -0.960. The molecule has 7 heteroatoms. The largest absolute Gasteiger partial charge is 0.305 e. The van der Waals surface area contributed by atoms with Crippen LogP contribution >= 0.6 is 11.6 Å². The molecule has 0 N–H and O–H groups in total. The lowest BCUT2D eigenvalue weighted by atomic mass is 10.4. The van der Waals surface area contributed by atoms with Gasteiger partial charge in [-0.1, -0.05) is 11.6 Å². The van der Waals surface area contributed by atoms with E-state index in [1.54, 1.807) is 0 Å². The number of aryl methyl sites for hydroxylation is 1. The second-order valence-corrected chi connectivity index (χ2v) is 2.90. The van der Waals surface area contributed by atoms with Crippen LogP contribution in [-0.4, -0.2) is 16.2 Å². The van der Waals surface area contributed by atoms with E-state index in [2.05, 4.69) is 0 Å². The van der Waals surface area contributed by atoms with Gasteiger partial charge in [-0.15, -0.1) is 0 Å². The molecule has 0 atom stereocenters. The highest BCUT2D eigenvalue weighted by atomic mass is 35.5. The van der Waals surface area contributed by atoms with Crippen LogP contribution in [0, 0.1) is 10.1 Å². The number of rotatable bonds is 3. The van der Waals surface area contributed by atoms with Gasteiger partial charge in [-0.25, -0.2) is 4.39 Å². The normalized spacial score (nSPS) is 10.1. The minimum absolute atomic E-state index is 0.236. The minimum atomic E-state index is -0.780. The van der Waals surface area contributed by atoms with Crippen LogP contribution in [0.15, 0.2) is 17.1 Å². The van der Waals surface area contributed by atoms with E-state index < -0.39 is 17.2 Å². The number of hydrogen-bond acceptors (Lipinski definition) is 3. The van der Waals surface area contributed by atoms with Crippen molar-refractivity contribution in [2.75, 3.05) is 6.67 Å². The Labute approximate surface area is 82.9 Å². The lowest BCUT2D eigenvalue weighted by Crippen LogP contribution is -2.21. The summed E-state index contributed by atoms with van der Waals surface area (Å²) in [5, 5.41) is 10.1. The van der Waals surface area contributed by atoms with Gasteiger partial charge in [0.2, 0.25) is 0 Å². The summed E-state index contributed by atoms with van der Waals surface area (Å²) in [6.07, 6.45) is 0.966. The van der Waals surface area contributed by atoms with Crippen LogP contribution in [0.5, 0.6) is 0 Å². The Morgan fingerprint density at radius 3 is 2.79 bits per heavy atom. The van der Waals surface area contributed by atoms with Gasteiger partial charge in [0.05, 0.1) is 17.7 Å². The van der Waals surface area contributed by atoms with Gasteiger partial charge in [-0.05, 0) is 0 Å². The van der Waals surface area contributed by atoms with E-state index >= 15 is 0 Å². The Morgan fingerprint density at radius 1 is 1.64 bits per heavy atom. The number of nitrogens with zero attached hydrogens (tertiary/aromatic N) is 2. The molecule has 0 aliphatic carbocycles. The Hall–Kier alpha value is -1.43. The third-order valence-electron chi connectivity index (χ3n) is 1.56. The Bertz CT molecular complexity index is 418. The third kappa shape index (κ3) is 2.08. The zero-order valence-electron chi connectivity index (χ0n) is 6.94. The topological polar surface area (TPSA) is 65.1 Å². The van der Waals surface area contributed by atoms with Crippen LogP contribution in [0.25, 0.3) is 0 Å². The standard InChI is InChI=1S/C7H6ClFN2O3/c8-6-3-5(11(13)14)4-10(2-1-9)7(6)12/h3-4H,1-2H2. The molecule has 76 valence electrons. The summed E-state index contributed by atoms with van der Waals surface area (Å²) < 4.78 is 12.8. The van der Waals surface area contributed by atoms with Crippen molar-refractivity contribution in [2.24, 2.45) is 0 Å². The maximum atomic E-state index is 12.0. The molecular weight excluding hydrogens is 215 g/mol. The maximum Gasteiger partial charge on any atom is 0.287 e. The average molecular weight is 221 g/mol. The summed E-state index contributed by atoms with van der Waals surface area (Å²) in [6.45, 7) is -1.02. The SMILES string of the molecule is O=c1c(Cl)cc([N+](=O)[O-])cn1CCF. The predicted octanol–water partition coefficient (Wildman–Crippen LogP) is 1.38. The molecule has 0 fully saturated rings. The first-order chi connectivity index (χ1) is 6.56. The van der Waals surface area contributed by atoms with Crippen molar-refractivity contribution in [2.45, 2.75) is 6.54 Å². The number of pyridine rings is 1.